The number of benzene rings is 3. The van der Waals surface area contributed by atoms with E-state index in [1.54, 1.807) is 6.07 Å². The van der Waals surface area contributed by atoms with Crippen LogP contribution in [0.2, 0.25) is 0 Å². The van der Waals surface area contributed by atoms with Crippen LogP contribution in [0.25, 0.3) is 27.5 Å². The van der Waals surface area contributed by atoms with Gasteiger partial charge in [-0.25, -0.2) is 4.79 Å². The number of hydrogen-bond acceptors (Lipinski definition) is 4. The van der Waals surface area contributed by atoms with Crippen molar-refractivity contribution in [2.24, 2.45) is 0 Å². The SMILES string of the molecule is O=C(O)CCn1c(=O)c(=O)[nH]c2ccc3ccc(-n4ccc(CNC(=O)NCc5ccccc5)c4)cc3c21. The minimum Gasteiger partial charge on any atom is -0.481 e. The van der Waals surface area contributed by atoms with E-state index in [0.29, 0.717) is 29.5 Å². The molecular weight excluding hydrogens is 486 g/mol. The summed E-state index contributed by atoms with van der Waals surface area (Å²) in [5.41, 5.74) is 2.03. The molecule has 5 rings (SSSR count). The van der Waals surface area contributed by atoms with Crippen LogP contribution in [0.3, 0.4) is 0 Å². The lowest BCUT2D eigenvalue weighted by molar-refractivity contribution is -0.137. The Labute approximate surface area is 216 Å². The fourth-order valence-electron chi connectivity index (χ4n) is 4.39. The summed E-state index contributed by atoms with van der Waals surface area (Å²) in [5.74, 6) is -1.06. The summed E-state index contributed by atoms with van der Waals surface area (Å²) in [4.78, 5) is 50.8. The molecule has 0 aliphatic carbocycles. The number of carboxylic acids is 1. The third-order valence-corrected chi connectivity index (χ3v) is 6.28. The van der Waals surface area contributed by atoms with Gasteiger partial charge in [-0.15, -0.1) is 0 Å². The number of rotatable bonds is 8. The van der Waals surface area contributed by atoms with Crippen LogP contribution in [0.15, 0.2) is 88.7 Å². The summed E-state index contributed by atoms with van der Waals surface area (Å²) in [6.07, 6.45) is 3.47. The number of H-pyrrole nitrogens is 1. The molecule has 0 saturated carbocycles. The zero-order chi connectivity index (χ0) is 26.6. The van der Waals surface area contributed by atoms with Gasteiger partial charge in [0.25, 0.3) is 0 Å². The van der Waals surface area contributed by atoms with Gasteiger partial charge >= 0.3 is 23.1 Å². The van der Waals surface area contributed by atoms with Crippen LogP contribution in [0, 0.1) is 0 Å². The summed E-state index contributed by atoms with van der Waals surface area (Å²) in [6.45, 7) is 0.644. The summed E-state index contributed by atoms with van der Waals surface area (Å²) in [5, 5.41) is 16.4. The maximum absolute atomic E-state index is 12.6. The maximum atomic E-state index is 12.6. The van der Waals surface area contributed by atoms with E-state index >= 15 is 0 Å². The van der Waals surface area contributed by atoms with Gasteiger partial charge in [0.1, 0.15) is 0 Å². The van der Waals surface area contributed by atoms with Gasteiger partial charge in [-0.1, -0.05) is 42.5 Å². The van der Waals surface area contributed by atoms with Crippen LogP contribution in [-0.4, -0.2) is 31.2 Å². The number of carbonyl (C=O) groups excluding carboxylic acids is 1. The molecule has 192 valence electrons. The van der Waals surface area contributed by atoms with E-state index in [1.165, 1.54) is 4.57 Å². The molecule has 0 bridgehead atoms. The van der Waals surface area contributed by atoms with E-state index in [-0.39, 0.29) is 19.0 Å². The third kappa shape index (κ3) is 5.19. The van der Waals surface area contributed by atoms with Crippen molar-refractivity contribution in [1.82, 2.24) is 24.8 Å². The number of carbonyl (C=O) groups is 2. The van der Waals surface area contributed by atoms with Gasteiger partial charge in [0.2, 0.25) is 0 Å². The fraction of sp³-hybridized carbons (Fsp3) is 0.143. The molecule has 2 heterocycles. The molecule has 0 radical (unpaired) electrons. The minimum atomic E-state index is -1.06. The second-order valence-electron chi connectivity index (χ2n) is 8.87. The van der Waals surface area contributed by atoms with Crippen molar-refractivity contribution in [3.63, 3.8) is 0 Å². The van der Waals surface area contributed by atoms with Crippen LogP contribution >= 0.6 is 0 Å². The Bertz CT molecular complexity index is 1770. The smallest absolute Gasteiger partial charge is 0.316 e. The molecule has 4 N–H and O–H groups in total. The number of nitrogens with one attached hydrogen (secondary N) is 3. The molecule has 38 heavy (non-hydrogen) atoms. The highest BCUT2D eigenvalue weighted by molar-refractivity contribution is 6.04. The lowest BCUT2D eigenvalue weighted by Gasteiger charge is -2.13. The number of fused-ring (bicyclic) bond motifs is 3. The summed E-state index contributed by atoms with van der Waals surface area (Å²) in [7, 11) is 0. The molecule has 0 unspecified atom stereocenters. The Morgan fingerprint density at radius 2 is 1.63 bits per heavy atom. The van der Waals surface area contributed by atoms with Crippen molar-refractivity contribution < 1.29 is 14.7 Å². The van der Waals surface area contributed by atoms with E-state index in [1.807, 2.05) is 77.6 Å². The maximum Gasteiger partial charge on any atom is 0.316 e. The first-order valence-electron chi connectivity index (χ1n) is 12.0. The lowest BCUT2D eigenvalue weighted by Crippen LogP contribution is -2.36. The number of nitrogens with zero attached hydrogens (tertiary/aromatic N) is 2. The number of aromatic nitrogens is 3. The number of urea groups is 1. The number of aliphatic carboxylic acids is 1. The molecule has 0 aliphatic heterocycles. The Morgan fingerprint density at radius 3 is 2.39 bits per heavy atom. The molecule has 5 aromatic rings. The summed E-state index contributed by atoms with van der Waals surface area (Å²) in [6, 6.07) is 20.5. The van der Waals surface area contributed by atoms with E-state index in [9.17, 15) is 19.2 Å². The number of hydrogen-bond donors (Lipinski definition) is 4. The molecule has 2 amide bonds. The van der Waals surface area contributed by atoms with Gasteiger partial charge in [-0.3, -0.25) is 14.4 Å². The van der Waals surface area contributed by atoms with E-state index in [0.717, 1.165) is 22.2 Å². The van der Waals surface area contributed by atoms with E-state index in [4.69, 9.17) is 5.11 Å². The van der Waals surface area contributed by atoms with Crippen molar-refractivity contribution >= 4 is 33.8 Å². The predicted octanol–water partition coefficient (Wildman–Crippen LogP) is 3.11. The Hall–Kier alpha value is -5.12. The van der Waals surface area contributed by atoms with Gasteiger partial charge in [0, 0.05) is 43.1 Å². The highest BCUT2D eigenvalue weighted by Crippen LogP contribution is 2.26. The first kappa shape index (κ1) is 24.6. The van der Waals surface area contributed by atoms with Gasteiger partial charge in [-0.05, 0) is 40.8 Å². The normalized spacial score (nSPS) is 11.1. The van der Waals surface area contributed by atoms with Gasteiger partial charge in [-0.2, -0.15) is 0 Å². The second kappa shape index (κ2) is 10.5. The average Bonchev–Trinajstić information content (AvgIpc) is 3.40. The Balaban J connectivity index is 1.40. The van der Waals surface area contributed by atoms with E-state index in [2.05, 4.69) is 15.6 Å². The van der Waals surface area contributed by atoms with Crippen LogP contribution < -0.4 is 21.8 Å². The number of carboxylic acid groups (broad SMARTS) is 1. The molecule has 0 atom stereocenters. The Kier molecular flexibility index (Phi) is 6.77. The third-order valence-electron chi connectivity index (χ3n) is 6.28. The molecule has 0 fully saturated rings. The standard InChI is InChI=1S/C28H25N5O5/c34-24(35)11-13-33-25-22-14-21(8-6-20(22)7-9-23(25)31-26(36)27(33)37)32-12-10-19(17-32)16-30-28(38)29-15-18-4-2-1-3-5-18/h1-10,12,14,17H,11,13,15-16H2,(H,31,36)(H,34,35)(H2,29,30,38). The van der Waals surface area contributed by atoms with Gasteiger partial charge in [0.15, 0.2) is 0 Å². The van der Waals surface area contributed by atoms with Crippen LogP contribution in [0.5, 0.6) is 0 Å². The fourth-order valence-corrected chi connectivity index (χ4v) is 4.39. The molecule has 3 aromatic carbocycles. The first-order valence-corrected chi connectivity index (χ1v) is 12.0. The molecule has 0 spiro atoms. The monoisotopic (exact) mass is 511 g/mol. The zero-order valence-electron chi connectivity index (χ0n) is 20.3. The van der Waals surface area contributed by atoms with Crippen molar-refractivity contribution in [2.75, 3.05) is 0 Å². The Morgan fingerprint density at radius 1 is 0.895 bits per heavy atom. The first-order chi connectivity index (χ1) is 18.4. The zero-order valence-corrected chi connectivity index (χ0v) is 20.3. The number of aryl methyl sites for hydroxylation is 1. The molecular formula is C28H25N5O5. The minimum absolute atomic E-state index is 0.121. The van der Waals surface area contributed by atoms with Crippen molar-refractivity contribution in [3.8, 4) is 5.69 Å². The van der Waals surface area contributed by atoms with Crippen molar-refractivity contribution in [2.45, 2.75) is 26.1 Å². The predicted molar refractivity (Wildman–Crippen MR) is 143 cm³/mol. The second-order valence-corrected chi connectivity index (χ2v) is 8.87. The lowest BCUT2D eigenvalue weighted by atomic mass is 10.1. The quantitative estimate of drug-likeness (QED) is 0.187. The molecule has 10 heteroatoms. The molecule has 0 aliphatic rings. The number of amides is 2. The topological polar surface area (TPSA) is 138 Å². The highest BCUT2D eigenvalue weighted by atomic mass is 16.4. The van der Waals surface area contributed by atoms with Crippen molar-refractivity contribution in [3.05, 3.63) is 111 Å². The van der Waals surface area contributed by atoms with Crippen LogP contribution in [0.4, 0.5) is 4.79 Å². The highest BCUT2D eigenvalue weighted by Gasteiger charge is 2.13. The average molecular weight is 512 g/mol. The van der Waals surface area contributed by atoms with Gasteiger partial charge < -0.3 is 29.9 Å². The van der Waals surface area contributed by atoms with Crippen LogP contribution in [0.1, 0.15) is 17.5 Å². The van der Waals surface area contributed by atoms with Crippen LogP contribution in [-0.2, 0) is 24.4 Å². The van der Waals surface area contributed by atoms with Gasteiger partial charge in [0.05, 0.1) is 17.5 Å². The molecule has 0 saturated heterocycles. The summed E-state index contributed by atoms with van der Waals surface area (Å²) >= 11 is 0. The largest absolute Gasteiger partial charge is 0.481 e. The number of aromatic amines is 1. The molecule has 2 aromatic heterocycles. The molecule has 10 nitrogen and oxygen atoms in total. The summed E-state index contributed by atoms with van der Waals surface area (Å²) < 4.78 is 3.12. The van der Waals surface area contributed by atoms with E-state index < -0.39 is 17.1 Å². The van der Waals surface area contributed by atoms with Crippen molar-refractivity contribution in [1.29, 1.82) is 0 Å².